The first-order valence-electron chi connectivity index (χ1n) is 8.34. The molecule has 136 valence electrons. The molecule has 0 spiro atoms. The molecule has 1 fully saturated rings. The highest BCUT2D eigenvalue weighted by molar-refractivity contribution is 5.94. The van der Waals surface area contributed by atoms with E-state index in [1.807, 2.05) is 0 Å². The number of aryl methyl sites for hydroxylation is 1. The summed E-state index contributed by atoms with van der Waals surface area (Å²) < 4.78 is 14.0. The maximum Gasteiger partial charge on any atom is 0.323 e. The number of likely N-dealkylation sites (tertiary alicyclic amines) is 1. The molecular weight excluding hydrogens is 327 g/mol. The van der Waals surface area contributed by atoms with Gasteiger partial charge in [-0.25, -0.2) is 4.39 Å². The highest BCUT2D eigenvalue weighted by Gasteiger charge is 2.28. The van der Waals surface area contributed by atoms with Gasteiger partial charge in [-0.05, 0) is 38.3 Å². The van der Waals surface area contributed by atoms with E-state index in [1.165, 1.54) is 24.0 Å². The zero-order chi connectivity index (χ0) is 18.6. The van der Waals surface area contributed by atoms with Crippen LogP contribution in [0.1, 0.15) is 42.1 Å². The van der Waals surface area contributed by atoms with Crippen molar-refractivity contribution >= 4 is 17.8 Å². The number of aliphatic carboxylic acids is 1. The van der Waals surface area contributed by atoms with Crippen LogP contribution in [0.15, 0.2) is 18.2 Å². The van der Waals surface area contributed by atoms with Crippen molar-refractivity contribution < 1.29 is 23.9 Å². The molecule has 7 heteroatoms. The summed E-state index contributed by atoms with van der Waals surface area (Å²) >= 11 is 0. The van der Waals surface area contributed by atoms with Crippen LogP contribution >= 0.6 is 0 Å². The lowest BCUT2D eigenvalue weighted by atomic mass is 10.1. The van der Waals surface area contributed by atoms with E-state index < -0.39 is 11.8 Å². The van der Waals surface area contributed by atoms with Crippen LogP contribution in [0.25, 0.3) is 0 Å². The Morgan fingerprint density at radius 3 is 2.64 bits per heavy atom. The van der Waals surface area contributed by atoms with Gasteiger partial charge in [-0.2, -0.15) is 0 Å². The fourth-order valence-corrected chi connectivity index (χ4v) is 3.21. The standard InChI is InChI=1S/C18H23FN2O4/c1-12-5-6-16(19)15(10-12)18(25)20-8-3-4-14(7-9-20)21(13(2)22)11-17(23)24/h5-6,10,14H,3-4,7-9,11H2,1-2H3,(H,23,24)/t14-/m0/s1. The average molecular weight is 350 g/mol. The van der Waals surface area contributed by atoms with Gasteiger partial charge in [-0.15, -0.1) is 0 Å². The van der Waals surface area contributed by atoms with E-state index in [4.69, 9.17) is 5.11 Å². The number of carbonyl (C=O) groups is 3. The zero-order valence-electron chi connectivity index (χ0n) is 14.5. The highest BCUT2D eigenvalue weighted by Crippen LogP contribution is 2.20. The van der Waals surface area contributed by atoms with Crippen molar-refractivity contribution in [3.63, 3.8) is 0 Å². The maximum absolute atomic E-state index is 14.0. The van der Waals surface area contributed by atoms with E-state index in [0.717, 1.165) is 5.56 Å². The molecule has 6 nitrogen and oxygen atoms in total. The van der Waals surface area contributed by atoms with E-state index in [9.17, 15) is 18.8 Å². The molecule has 1 aliphatic heterocycles. The second-order valence-electron chi connectivity index (χ2n) is 6.40. The minimum Gasteiger partial charge on any atom is -0.480 e. The lowest BCUT2D eigenvalue weighted by molar-refractivity contribution is -0.145. The van der Waals surface area contributed by atoms with E-state index in [0.29, 0.717) is 32.4 Å². The molecule has 25 heavy (non-hydrogen) atoms. The van der Waals surface area contributed by atoms with Gasteiger partial charge in [-0.1, -0.05) is 11.6 Å². The summed E-state index contributed by atoms with van der Waals surface area (Å²) in [5.41, 5.74) is 0.856. The number of rotatable bonds is 4. The Labute approximate surface area is 146 Å². The van der Waals surface area contributed by atoms with Crippen molar-refractivity contribution in [3.8, 4) is 0 Å². The van der Waals surface area contributed by atoms with Crippen molar-refractivity contribution in [1.82, 2.24) is 9.80 Å². The Morgan fingerprint density at radius 2 is 2.00 bits per heavy atom. The third-order valence-electron chi connectivity index (χ3n) is 4.49. The van der Waals surface area contributed by atoms with Gasteiger partial charge in [0, 0.05) is 26.1 Å². The summed E-state index contributed by atoms with van der Waals surface area (Å²) in [7, 11) is 0. The summed E-state index contributed by atoms with van der Waals surface area (Å²) in [6, 6.07) is 4.20. The van der Waals surface area contributed by atoms with Gasteiger partial charge in [0.2, 0.25) is 5.91 Å². The van der Waals surface area contributed by atoms with Crippen molar-refractivity contribution in [2.24, 2.45) is 0 Å². The van der Waals surface area contributed by atoms with Crippen molar-refractivity contribution in [2.75, 3.05) is 19.6 Å². The normalized spacial score (nSPS) is 17.7. The topological polar surface area (TPSA) is 77.9 Å². The predicted molar refractivity (Wildman–Crippen MR) is 89.7 cm³/mol. The molecule has 2 amide bonds. The van der Waals surface area contributed by atoms with E-state index >= 15 is 0 Å². The Bertz CT molecular complexity index is 677. The van der Waals surface area contributed by atoms with Gasteiger partial charge in [0.15, 0.2) is 0 Å². The van der Waals surface area contributed by atoms with Crippen molar-refractivity contribution in [1.29, 1.82) is 0 Å². The van der Waals surface area contributed by atoms with E-state index in [2.05, 4.69) is 0 Å². The molecule has 1 N–H and O–H groups in total. The van der Waals surface area contributed by atoms with E-state index in [-0.39, 0.29) is 30.0 Å². The summed E-state index contributed by atoms with van der Waals surface area (Å²) in [5.74, 6) is -2.27. The third-order valence-corrected chi connectivity index (χ3v) is 4.49. The summed E-state index contributed by atoms with van der Waals surface area (Å²) in [4.78, 5) is 38.3. The Hall–Kier alpha value is -2.44. The Kier molecular flexibility index (Phi) is 6.12. The van der Waals surface area contributed by atoms with Crippen LogP contribution < -0.4 is 0 Å². The number of carboxylic acid groups (broad SMARTS) is 1. The van der Waals surface area contributed by atoms with Gasteiger partial charge in [0.05, 0.1) is 5.56 Å². The second-order valence-corrected chi connectivity index (χ2v) is 6.40. The van der Waals surface area contributed by atoms with E-state index in [1.54, 1.807) is 17.9 Å². The lowest BCUT2D eigenvalue weighted by Gasteiger charge is -2.28. The number of hydrogen-bond donors (Lipinski definition) is 1. The largest absolute Gasteiger partial charge is 0.480 e. The number of carboxylic acids is 1. The third kappa shape index (κ3) is 4.78. The highest BCUT2D eigenvalue weighted by atomic mass is 19.1. The maximum atomic E-state index is 14.0. The molecule has 0 aliphatic carbocycles. The SMILES string of the molecule is CC(=O)N(CC(=O)O)[C@H]1CCCN(C(=O)c2cc(C)ccc2F)CC1. The number of hydrogen-bond acceptors (Lipinski definition) is 3. The molecule has 1 heterocycles. The number of benzene rings is 1. The monoisotopic (exact) mass is 350 g/mol. The fourth-order valence-electron chi connectivity index (χ4n) is 3.21. The summed E-state index contributed by atoms with van der Waals surface area (Å²) in [6.07, 6.45) is 1.73. The summed E-state index contributed by atoms with van der Waals surface area (Å²) in [5, 5.41) is 8.98. The molecule has 0 unspecified atom stereocenters. The molecule has 0 saturated carbocycles. The predicted octanol–water partition coefficient (Wildman–Crippen LogP) is 2.06. The van der Waals surface area contributed by atoms with Gasteiger partial charge in [0.1, 0.15) is 12.4 Å². The molecule has 1 aromatic rings. The van der Waals surface area contributed by atoms with Crippen LogP contribution in [0.3, 0.4) is 0 Å². The molecule has 1 saturated heterocycles. The first-order chi connectivity index (χ1) is 11.8. The number of nitrogens with zero attached hydrogens (tertiary/aromatic N) is 2. The zero-order valence-corrected chi connectivity index (χ0v) is 14.5. The van der Waals surface area contributed by atoms with Gasteiger partial charge in [0.25, 0.3) is 5.91 Å². The molecule has 2 rings (SSSR count). The van der Waals surface area contributed by atoms with Crippen LogP contribution in [0.5, 0.6) is 0 Å². The Balaban J connectivity index is 2.10. The molecule has 0 aromatic heterocycles. The van der Waals surface area contributed by atoms with Crippen LogP contribution in [0.2, 0.25) is 0 Å². The van der Waals surface area contributed by atoms with Gasteiger partial charge in [-0.3, -0.25) is 14.4 Å². The van der Waals surface area contributed by atoms with Crippen molar-refractivity contribution in [3.05, 3.63) is 35.1 Å². The minimum atomic E-state index is -1.06. The van der Waals surface area contributed by atoms with Crippen LogP contribution in [0, 0.1) is 12.7 Å². The Morgan fingerprint density at radius 1 is 1.28 bits per heavy atom. The first-order valence-corrected chi connectivity index (χ1v) is 8.34. The van der Waals surface area contributed by atoms with Crippen LogP contribution in [-0.2, 0) is 9.59 Å². The average Bonchev–Trinajstić information content (AvgIpc) is 2.79. The smallest absolute Gasteiger partial charge is 0.323 e. The number of amides is 2. The molecule has 1 aliphatic rings. The molecule has 1 aromatic carbocycles. The number of carbonyl (C=O) groups excluding carboxylic acids is 2. The first kappa shape index (κ1) is 18.9. The van der Waals surface area contributed by atoms with Crippen molar-refractivity contribution in [2.45, 2.75) is 39.2 Å². The number of halogens is 1. The fraction of sp³-hybridized carbons (Fsp3) is 0.500. The molecule has 1 atom stereocenters. The molecule has 0 radical (unpaired) electrons. The summed E-state index contributed by atoms with van der Waals surface area (Å²) in [6.45, 7) is 3.62. The molecular formula is C18H23FN2O4. The van der Waals surface area contributed by atoms with Crippen LogP contribution in [0.4, 0.5) is 4.39 Å². The van der Waals surface area contributed by atoms with Gasteiger partial charge < -0.3 is 14.9 Å². The van der Waals surface area contributed by atoms with Gasteiger partial charge >= 0.3 is 5.97 Å². The molecule has 0 bridgehead atoms. The second kappa shape index (κ2) is 8.09. The lowest BCUT2D eigenvalue weighted by Crippen LogP contribution is -2.43. The van der Waals surface area contributed by atoms with Crippen LogP contribution in [-0.4, -0.2) is 58.4 Å². The quantitative estimate of drug-likeness (QED) is 0.902. The minimum absolute atomic E-state index is 0.0485.